The highest BCUT2D eigenvalue weighted by Gasteiger charge is 2.15. The third-order valence-electron chi connectivity index (χ3n) is 1.96. The quantitative estimate of drug-likeness (QED) is 0.631. The molecule has 1 N–H and O–H groups in total. The smallest absolute Gasteiger partial charge is 0.0989 e. The van der Waals surface area contributed by atoms with Crippen LogP contribution < -0.4 is 0 Å². The molecule has 1 heteroatoms. The molecule has 0 saturated heterocycles. The van der Waals surface area contributed by atoms with Crippen LogP contribution in [0.15, 0.2) is 36.0 Å². The van der Waals surface area contributed by atoms with Crippen molar-refractivity contribution in [1.82, 2.24) is 0 Å². The van der Waals surface area contributed by atoms with Crippen molar-refractivity contribution in [3.8, 4) is 0 Å². The van der Waals surface area contributed by atoms with E-state index in [1.54, 1.807) is 13.0 Å². The lowest BCUT2D eigenvalue weighted by Crippen LogP contribution is -2.17. The Labute approximate surface area is 74.1 Å². The van der Waals surface area contributed by atoms with Crippen LogP contribution >= 0.6 is 0 Å². The van der Waals surface area contributed by atoms with E-state index < -0.39 is 5.60 Å². The lowest BCUT2D eigenvalue weighted by atomic mass is 9.97. The average Bonchev–Trinajstić information content (AvgIpc) is 2.10. The van der Waals surface area contributed by atoms with E-state index in [0.29, 0.717) is 5.92 Å². The molecule has 0 aromatic heterocycles. The van der Waals surface area contributed by atoms with Gasteiger partial charge in [0.25, 0.3) is 0 Å². The van der Waals surface area contributed by atoms with Crippen LogP contribution in [0.2, 0.25) is 0 Å². The second kappa shape index (κ2) is 3.28. The van der Waals surface area contributed by atoms with E-state index in [9.17, 15) is 5.11 Å². The highest BCUT2D eigenvalue weighted by Crippen LogP contribution is 2.20. The Morgan fingerprint density at radius 1 is 1.33 bits per heavy atom. The van der Waals surface area contributed by atoms with Gasteiger partial charge in [-0.2, -0.15) is 0 Å². The van der Waals surface area contributed by atoms with Crippen LogP contribution in [0, 0.1) is 5.92 Å². The van der Waals surface area contributed by atoms with Crippen molar-refractivity contribution in [2.45, 2.75) is 26.4 Å². The molecule has 1 atom stereocenters. The summed E-state index contributed by atoms with van der Waals surface area (Å²) < 4.78 is 0. The summed E-state index contributed by atoms with van der Waals surface area (Å²) in [7, 11) is 0. The molecule has 0 saturated carbocycles. The molecule has 1 aliphatic carbocycles. The van der Waals surface area contributed by atoms with Crippen LogP contribution in [0.25, 0.3) is 0 Å². The van der Waals surface area contributed by atoms with Gasteiger partial charge in [-0.3, -0.25) is 0 Å². The zero-order chi connectivity index (χ0) is 9.19. The van der Waals surface area contributed by atoms with Crippen molar-refractivity contribution in [3.63, 3.8) is 0 Å². The average molecular weight is 164 g/mol. The first kappa shape index (κ1) is 9.27. The molecule has 0 spiro atoms. The van der Waals surface area contributed by atoms with E-state index in [1.807, 2.05) is 24.3 Å². The van der Waals surface area contributed by atoms with Gasteiger partial charge in [-0.1, -0.05) is 32.1 Å². The normalized spacial score (nSPS) is 28.9. The van der Waals surface area contributed by atoms with Gasteiger partial charge in [0.05, 0.1) is 5.60 Å². The molecule has 0 aromatic carbocycles. The van der Waals surface area contributed by atoms with Gasteiger partial charge in [0.15, 0.2) is 0 Å². The molecule has 0 aromatic rings. The summed E-state index contributed by atoms with van der Waals surface area (Å²) >= 11 is 0. The van der Waals surface area contributed by atoms with Crippen LogP contribution in [0.3, 0.4) is 0 Å². The first-order valence-corrected chi connectivity index (χ1v) is 4.32. The molecule has 1 aliphatic rings. The Bertz CT molecular complexity index is 242. The summed E-state index contributed by atoms with van der Waals surface area (Å²) in [5, 5.41) is 9.77. The SMILES string of the molecule is CC(C)C1=CC(C)(O)C=CC=C1. The van der Waals surface area contributed by atoms with Gasteiger partial charge in [-0.15, -0.1) is 0 Å². The third-order valence-corrected chi connectivity index (χ3v) is 1.96. The van der Waals surface area contributed by atoms with E-state index >= 15 is 0 Å². The zero-order valence-electron chi connectivity index (χ0n) is 7.91. The van der Waals surface area contributed by atoms with Gasteiger partial charge in [-0.05, 0) is 30.6 Å². The monoisotopic (exact) mass is 164 g/mol. The summed E-state index contributed by atoms with van der Waals surface area (Å²) in [5.41, 5.74) is 0.397. The number of allylic oxidation sites excluding steroid dienone is 4. The van der Waals surface area contributed by atoms with E-state index in [2.05, 4.69) is 13.8 Å². The molecule has 0 radical (unpaired) electrons. The van der Waals surface area contributed by atoms with Crippen molar-refractivity contribution in [2.24, 2.45) is 5.92 Å². The fourth-order valence-electron chi connectivity index (χ4n) is 1.21. The fourth-order valence-corrected chi connectivity index (χ4v) is 1.21. The van der Waals surface area contributed by atoms with Crippen molar-refractivity contribution < 1.29 is 5.11 Å². The van der Waals surface area contributed by atoms with E-state index in [1.165, 1.54) is 5.57 Å². The molecule has 0 heterocycles. The Morgan fingerprint density at radius 2 is 2.00 bits per heavy atom. The van der Waals surface area contributed by atoms with Crippen LogP contribution in [-0.2, 0) is 0 Å². The minimum absolute atomic E-state index is 0.465. The van der Waals surface area contributed by atoms with Gasteiger partial charge in [0, 0.05) is 0 Å². The molecule has 12 heavy (non-hydrogen) atoms. The summed E-state index contributed by atoms with van der Waals surface area (Å²) in [5.74, 6) is 0.465. The Morgan fingerprint density at radius 3 is 2.58 bits per heavy atom. The zero-order valence-corrected chi connectivity index (χ0v) is 7.91. The summed E-state index contributed by atoms with van der Waals surface area (Å²) in [6.45, 7) is 6.04. The van der Waals surface area contributed by atoms with Crippen molar-refractivity contribution in [3.05, 3.63) is 36.0 Å². The predicted molar refractivity (Wildman–Crippen MR) is 51.8 cm³/mol. The lowest BCUT2D eigenvalue weighted by molar-refractivity contribution is 0.163. The van der Waals surface area contributed by atoms with E-state index in [-0.39, 0.29) is 0 Å². The molecular formula is C11H16O. The maximum atomic E-state index is 9.77. The standard InChI is InChI=1S/C11H16O/c1-9(2)10-6-4-5-7-11(3,12)8-10/h4-9,12H,1-3H3. The number of hydrogen-bond donors (Lipinski definition) is 1. The maximum absolute atomic E-state index is 9.77. The summed E-state index contributed by atoms with van der Waals surface area (Å²) in [6, 6.07) is 0. The number of rotatable bonds is 1. The Balaban J connectivity index is 2.95. The van der Waals surface area contributed by atoms with Crippen molar-refractivity contribution in [1.29, 1.82) is 0 Å². The third kappa shape index (κ3) is 2.35. The topological polar surface area (TPSA) is 20.2 Å². The van der Waals surface area contributed by atoms with Gasteiger partial charge < -0.3 is 5.11 Å². The number of hydrogen-bond acceptors (Lipinski definition) is 1. The van der Waals surface area contributed by atoms with Crippen molar-refractivity contribution in [2.75, 3.05) is 0 Å². The van der Waals surface area contributed by atoms with Crippen molar-refractivity contribution >= 4 is 0 Å². The first-order chi connectivity index (χ1) is 5.51. The van der Waals surface area contributed by atoms with Gasteiger partial charge >= 0.3 is 0 Å². The van der Waals surface area contributed by atoms with E-state index in [0.717, 1.165) is 0 Å². The van der Waals surface area contributed by atoms with Crippen LogP contribution in [-0.4, -0.2) is 10.7 Å². The highest BCUT2D eigenvalue weighted by atomic mass is 16.3. The van der Waals surface area contributed by atoms with Crippen LogP contribution in [0.5, 0.6) is 0 Å². The second-order valence-corrected chi connectivity index (χ2v) is 3.74. The Hall–Kier alpha value is -0.820. The largest absolute Gasteiger partial charge is 0.382 e. The summed E-state index contributed by atoms with van der Waals surface area (Å²) in [6.07, 6.45) is 9.58. The molecule has 66 valence electrons. The minimum atomic E-state index is -0.789. The van der Waals surface area contributed by atoms with Gasteiger partial charge in [-0.25, -0.2) is 0 Å². The molecule has 1 rings (SSSR count). The van der Waals surface area contributed by atoms with Gasteiger partial charge in [0.1, 0.15) is 0 Å². The van der Waals surface area contributed by atoms with E-state index in [4.69, 9.17) is 0 Å². The molecule has 1 unspecified atom stereocenters. The predicted octanol–water partition coefficient (Wildman–Crippen LogP) is 2.45. The highest BCUT2D eigenvalue weighted by molar-refractivity contribution is 5.33. The second-order valence-electron chi connectivity index (χ2n) is 3.74. The first-order valence-electron chi connectivity index (χ1n) is 4.32. The van der Waals surface area contributed by atoms with Crippen LogP contribution in [0.1, 0.15) is 20.8 Å². The van der Waals surface area contributed by atoms with Crippen LogP contribution in [0.4, 0.5) is 0 Å². The molecule has 0 amide bonds. The Kier molecular flexibility index (Phi) is 2.53. The van der Waals surface area contributed by atoms with Gasteiger partial charge in [0.2, 0.25) is 0 Å². The molecule has 0 fully saturated rings. The lowest BCUT2D eigenvalue weighted by Gasteiger charge is -2.15. The molecular weight excluding hydrogens is 148 g/mol. The molecule has 0 bridgehead atoms. The minimum Gasteiger partial charge on any atom is -0.382 e. The molecule has 0 aliphatic heterocycles. The molecule has 1 nitrogen and oxygen atoms in total. The fraction of sp³-hybridized carbons (Fsp3) is 0.455. The maximum Gasteiger partial charge on any atom is 0.0989 e. The summed E-state index contributed by atoms with van der Waals surface area (Å²) in [4.78, 5) is 0. The number of aliphatic hydroxyl groups is 1.